The first-order valence-electron chi connectivity index (χ1n) is 8.90. The Morgan fingerprint density at radius 3 is 2.10 bits per heavy atom. The summed E-state index contributed by atoms with van der Waals surface area (Å²) in [4.78, 5) is 28.6. The van der Waals surface area contributed by atoms with E-state index < -0.39 is 38.6 Å². The van der Waals surface area contributed by atoms with E-state index in [0.717, 1.165) is 24.3 Å². The van der Waals surface area contributed by atoms with Gasteiger partial charge in [-0.25, -0.2) is 12.8 Å². The molecule has 0 unspecified atom stereocenters. The highest BCUT2D eigenvalue weighted by molar-refractivity contribution is 7.93. The van der Waals surface area contributed by atoms with E-state index in [-0.39, 0.29) is 16.0 Å². The van der Waals surface area contributed by atoms with E-state index in [9.17, 15) is 22.4 Å². The number of sulfone groups is 1. The first kappa shape index (κ1) is 24.5. The highest BCUT2D eigenvalue weighted by atomic mass is 32.2. The smallest absolute Gasteiger partial charge is 0.241 e. The summed E-state index contributed by atoms with van der Waals surface area (Å²) in [5.41, 5.74) is 6.09. The van der Waals surface area contributed by atoms with Crippen molar-refractivity contribution >= 4 is 27.2 Å². The number of carbonyl (C=O) groups is 2. The minimum atomic E-state index is -4.12. The summed E-state index contributed by atoms with van der Waals surface area (Å²) >= 11 is 0. The summed E-state index contributed by atoms with van der Waals surface area (Å²) in [6, 6.07) is 4.18. The van der Waals surface area contributed by atoms with E-state index in [4.69, 9.17) is 5.73 Å². The van der Waals surface area contributed by atoms with Gasteiger partial charge in [0.1, 0.15) is 16.3 Å². The van der Waals surface area contributed by atoms with Crippen LogP contribution in [0.1, 0.15) is 34.6 Å². The average molecular weight is 426 g/mol. The zero-order valence-corrected chi connectivity index (χ0v) is 18.4. The molecule has 0 aliphatic heterocycles. The van der Waals surface area contributed by atoms with E-state index in [1.165, 1.54) is 27.0 Å². The molecule has 0 radical (unpaired) electrons. The number of benzene rings is 1. The maximum Gasteiger partial charge on any atom is 0.241 e. The predicted octanol–water partition coefficient (Wildman–Crippen LogP) is 2.02. The van der Waals surface area contributed by atoms with Crippen LogP contribution in [0.25, 0.3) is 0 Å². The molecule has 1 aromatic carbocycles. The maximum atomic E-state index is 13.1. The second-order valence-corrected chi connectivity index (χ2v) is 10.5. The lowest BCUT2D eigenvalue weighted by molar-refractivity contribution is -0.124. The van der Waals surface area contributed by atoms with Crippen LogP contribution >= 0.6 is 0 Å². The van der Waals surface area contributed by atoms with Crippen molar-refractivity contribution in [3.05, 3.63) is 41.9 Å². The first-order chi connectivity index (χ1) is 13.1. The number of aliphatic imine (C=N–C) groups is 1. The maximum absolute atomic E-state index is 13.1. The van der Waals surface area contributed by atoms with Crippen molar-refractivity contribution in [3.63, 3.8) is 0 Å². The number of carbonyl (C=O) groups excluding carboxylic acids is 2. The number of allylic oxidation sites excluding steroid dienone is 2. The third-order valence-electron chi connectivity index (χ3n) is 4.44. The van der Waals surface area contributed by atoms with Crippen LogP contribution in [-0.2, 0) is 19.4 Å². The zero-order valence-electron chi connectivity index (χ0n) is 17.5. The molecule has 3 N–H and O–H groups in total. The monoisotopic (exact) mass is 425 g/mol. The summed E-state index contributed by atoms with van der Waals surface area (Å²) in [7, 11) is -2.70. The molecule has 0 aliphatic rings. The highest BCUT2D eigenvalue weighted by Gasteiger charge is 2.42. The molecule has 0 saturated carbocycles. The van der Waals surface area contributed by atoms with Crippen LogP contribution in [-0.4, -0.2) is 44.2 Å². The van der Waals surface area contributed by atoms with Crippen molar-refractivity contribution in [3.8, 4) is 0 Å². The third-order valence-corrected chi connectivity index (χ3v) is 6.86. The van der Waals surface area contributed by atoms with Gasteiger partial charge < -0.3 is 11.1 Å². The zero-order chi connectivity index (χ0) is 22.6. The molecule has 160 valence electrons. The van der Waals surface area contributed by atoms with Gasteiger partial charge in [-0.05, 0) is 44.2 Å². The van der Waals surface area contributed by atoms with Gasteiger partial charge in [-0.15, -0.1) is 0 Å². The number of hydrogen-bond acceptors (Lipinski definition) is 6. The Hall–Kier alpha value is -2.55. The van der Waals surface area contributed by atoms with Gasteiger partial charge in [0.2, 0.25) is 5.91 Å². The Morgan fingerprint density at radius 1 is 1.14 bits per heavy atom. The van der Waals surface area contributed by atoms with Crippen molar-refractivity contribution in [2.24, 2.45) is 16.1 Å². The summed E-state index contributed by atoms with van der Waals surface area (Å²) < 4.78 is 36.8. The number of halogens is 1. The van der Waals surface area contributed by atoms with Crippen LogP contribution < -0.4 is 11.1 Å². The van der Waals surface area contributed by atoms with E-state index in [0.29, 0.717) is 5.70 Å². The molecule has 0 heterocycles. The van der Waals surface area contributed by atoms with Crippen LogP contribution in [0.3, 0.4) is 0 Å². The fourth-order valence-electron chi connectivity index (χ4n) is 2.13. The van der Waals surface area contributed by atoms with E-state index in [1.54, 1.807) is 0 Å². The van der Waals surface area contributed by atoms with Crippen molar-refractivity contribution < 1.29 is 22.4 Å². The number of rotatable bonds is 7. The molecule has 29 heavy (non-hydrogen) atoms. The summed E-state index contributed by atoms with van der Waals surface area (Å²) in [5.74, 6) is -1.97. The molecule has 0 saturated heterocycles. The molecule has 0 atom stereocenters. The van der Waals surface area contributed by atoms with Gasteiger partial charge in [-0.3, -0.25) is 14.6 Å². The summed E-state index contributed by atoms with van der Waals surface area (Å²) in [6.45, 7) is 7.63. The van der Waals surface area contributed by atoms with E-state index in [2.05, 4.69) is 10.3 Å². The quantitative estimate of drug-likeness (QED) is 0.512. The van der Waals surface area contributed by atoms with Gasteiger partial charge in [0.05, 0.1) is 11.4 Å². The minimum Gasteiger partial charge on any atom is -0.402 e. The lowest BCUT2D eigenvalue weighted by Gasteiger charge is -2.24. The third kappa shape index (κ3) is 5.72. The van der Waals surface area contributed by atoms with Gasteiger partial charge in [-0.2, -0.15) is 0 Å². The molecule has 9 heteroatoms. The minimum absolute atomic E-state index is 0.0666. The molecule has 0 fully saturated rings. The molecular weight excluding hydrogens is 397 g/mol. The Labute approximate surface area is 171 Å². The second kappa shape index (κ2) is 8.86. The molecule has 0 aliphatic carbocycles. The molecular formula is C20H28FN3O4S. The highest BCUT2D eigenvalue weighted by Crippen LogP contribution is 2.26. The Bertz CT molecular complexity index is 941. The van der Waals surface area contributed by atoms with Crippen molar-refractivity contribution in [1.29, 1.82) is 0 Å². The van der Waals surface area contributed by atoms with Gasteiger partial charge >= 0.3 is 0 Å². The molecule has 0 spiro atoms. The van der Waals surface area contributed by atoms with Gasteiger partial charge in [-0.1, -0.05) is 20.8 Å². The van der Waals surface area contributed by atoms with Crippen molar-refractivity contribution in [2.45, 2.75) is 44.3 Å². The number of nitrogens with zero attached hydrogens (tertiary/aromatic N) is 1. The number of ketones is 1. The number of nitrogens with two attached hydrogens (primary N) is 1. The lowest BCUT2D eigenvalue weighted by atomic mass is 9.91. The summed E-state index contributed by atoms with van der Waals surface area (Å²) in [5, 5.41) is 2.34. The van der Waals surface area contributed by atoms with E-state index >= 15 is 0 Å². The molecule has 1 amide bonds. The Morgan fingerprint density at radius 2 is 1.66 bits per heavy atom. The SMILES string of the molecule is CN=C(C=C(N)C(C)(C)C)C(=O)CNC(=O)C(C)(C)S(=O)(=O)c1ccc(F)cc1. The van der Waals surface area contributed by atoms with E-state index in [1.807, 2.05) is 20.8 Å². The Balaban J connectivity index is 2.97. The number of Topliss-reactive ketones (excluding diaryl/α,β-unsaturated/α-hetero) is 1. The average Bonchev–Trinajstić information content (AvgIpc) is 2.62. The van der Waals surface area contributed by atoms with Crippen LogP contribution in [0.2, 0.25) is 0 Å². The first-order valence-corrected chi connectivity index (χ1v) is 10.4. The number of hydrogen-bond donors (Lipinski definition) is 2. The number of nitrogens with one attached hydrogen (secondary N) is 1. The molecule has 0 bridgehead atoms. The molecule has 0 aromatic heterocycles. The van der Waals surface area contributed by atoms with Crippen LogP contribution in [0.4, 0.5) is 4.39 Å². The second-order valence-electron chi connectivity index (χ2n) is 8.03. The lowest BCUT2D eigenvalue weighted by Crippen LogP contribution is -2.49. The van der Waals surface area contributed by atoms with Gasteiger partial charge in [0.15, 0.2) is 15.6 Å². The van der Waals surface area contributed by atoms with Crippen LogP contribution in [0, 0.1) is 11.2 Å². The van der Waals surface area contributed by atoms with Crippen LogP contribution in [0.15, 0.2) is 45.9 Å². The standard InChI is InChI=1S/C20H28FN3O4S/c1-19(2,3)17(22)11-15(23-6)16(25)12-24-18(26)20(4,5)29(27,28)14-9-7-13(21)8-10-14/h7-11H,12,22H2,1-6H3,(H,24,26). The van der Waals surface area contributed by atoms with Crippen LogP contribution in [0.5, 0.6) is 0 Å². The fraction of sp³-hybridized carbons (Fsp3) is 0.450. The predicted molar refractivity (Wildman–Crippen MR) is 111 cm³/mol. The fourth-order valence-corrected chi connectivity index (χ4v) is 3.53. The largest absolute Gasteiger partial charge is 0.402 e. The summed E-state index contributed by atoms with van der Waals surface area (Å²) in [6.07, 6.45) is 1.44. The Kier molecular flexibility index (Phi) is 7.48. The normalized spacial score (nSPS) is 13.9. The van der Waals surface area contributed by atoms with Gasteiger partial charge in [0.25, 0.3) is 0 Å². The topological polar surface area (TPSA) is 119 Å². The van der Waals surface area contributed by atoms with Crippen molar-refractivity contribution in [1.82, 2.24) is 5.32 Å². The molecule has 1 aromatic rings. The molecule has 1 rings (SSSR count). The van der Waals surface area contributed by atoms with Gasteiger partial charge in [0, 0.05) is 18.2 Å². The molecule has 7 nitrogen and oxygen atoms in total. The van der Waals surface area contributed by atoms with Crippen molar-refractivity contribution in [2.75, 3.05) is 13.6 Å². The number of amides is 1.